The molecule has 1 unspecified atom stereocenters. The Morgan fingerprint density at radius 1 is 1.45 bits per heavy atom. The van der Waals surface area contributed by atoms with Gasteiger partial charge in [-0.2, -0.15) is 0 Å². The van der Waals surface area contributed by atoms with E-state index in [4.69, 9.17) is 10.9 Å². The first-order chi connectivity index (χ1) is 9.52. The third-order valence-electron chi connectivity index (χ3n) is 3.71. The molecule has 0 saturated carbocycles. The third kappa shape index (κ3) is 3.24. The molecule has 0 spiro atoms. The molecule has 1 atom stereocenters. The normalized spacial score (nSPS) is 21.9. The molecule has 0 aromatic heterocycles. The summed E-state index contributed by atoms with van der Waals surface area (Å²) < 4.78 is 0.843. The first-order valence-corrected chi connectivity index (χ1v) is 7.55. The van der Waals surface area contributed by atoms with Gasteiger partial charge >= 0.3 is 0 Å². The maximum atomic E-state index is 8.77. The quantitative estimate of drug-likeness (QED) is 0.374. The smallest absolute Gasteiger partial charge is 0.171 e. The minimum Gasteiger partial charge on any atom is -0.409 e. The largest absolute Gasteiger partial charge is 0.409 e. The van der Waals surface area contributed by atoms with Gasteiger partial charge in [-0.3, -0.25) is 0 Å². The molecule has 1 saturated heterocycles. The number of amidine groups is 1. The number of hydrogen-bond acceptors (Lipinski definition) is 4. The molecule has 0 aliphatic carbocycles. The van der Waals surface area contributed by atoms with E-state index in [0.29, 0.717) is 11.6 Å². The van der Waals surface area contributed by atoms with Gasteiger partial charge in [-0.25, -0.2) is 0 Å². The number of nitrogens with two attached hydrogens (primary N) is 1. The first kappa shape index (κ1) is 15.1. The Balaban J connectivity index is 2.26. The van der Waals surface area contributed by atoms with Crippen LogP contribution in [0, 0.1) is 0 Å². The number of rotatable bonds is 2. The number of nitrogens with zero attached hydrogens (tertiary/aromatic N) is 3. The number of hydrogen-bond donors (Lipinski definition) is 2. The van der Waals surface area contributed by atoms with E-state index in [-0.39, 0.29) is 5.84 Å². The highest BCUT2D eigenvalue weighted by molar-refractivity contribution is 9.10. The van der Waals surface area contributed by atoms with Crippen molar-refractivity contribution in [1.82, 2.24) is 4.90 Å². The molecule has 1 heterocycles. The lowest BCUT2D eigenvalue weighted by molar-refractivity contribution is 0.318. The van der Waals surface area contributed by atoms with Crippen LogP contribution in [0.4, 0.5) is 5.69 Å². The number of likely N-dealkylation sites (N-methyl/N-ethyl adjacent to an activating group) is 1. The van der Waals surface area contributed by atoms with Crippen LogP contribution >= 0.6 is 15.9 Å². The molecule has 2 rings (SSSR count). The zero-order valence-electron chi connectivity index (χ0n) is 11.9. The Morgan fingerprint density at radius 2 is 2.20 bits per heavy atom. The molecular formula is C14H21BrN4O. The van der Waals surface area contributed by atoms with Crippen LogP contribution < -0.4 is 10.6 Å². The summed E-state index contributed by atoms with van der Waals surface area (Å²) in [4.78, 5) is 4.77. The molecule has 1 aliphatic heterocycles. The van der Waals surface area contributed by atoms with Crippen molar-refractivity contribution in [3.05, 3.63) is 28.2 Å². The second kappa shape index (κ2) is 6.45. The second-order valence-corrected chi connectivity index (χ2v) is 6.16. The van der Waals surface area contributed by atoms with Crippen LogP contribution in [-0.4, -0.2) is 48.7 Å². The molecule has 0 amide bonds. The molecule has 0 radical (unpaired) electrons. The van der Waals surface area contributed by atoms with Gasteiger partial charge in [-0.1, -0.05) is 5.16 Å². The van der Waals surface area contributed by atoms with Crippen LogP contribution in [0.5, 0.6) is 0 Å². The lowest BCUT2D eigenvalue weighted by Gasteiger charge is -2.30. The van der Waals surface area contributed by atoms with Crippen LogP contribution in [0.2, 0.25) is 0 Å². The fraction of sp³-hybridized carbons (Fsp3) is 0.500. The Morgan fingerprint density at radius 3 is 2.85 bits per heavy atom. The van der Waals surface area contributed by atoms with E-state index >= 15 is 0 Å². The van der Waals surface area contributed by atoms with Crippen molar-refractivity contribution >= 4 is 27.5 Å². The average molecular weight is 341 g/mol. The van der Waals surface area contributed by atoms with Gasteiger partial charge in [0, 0.05) is 34.9 Å². The maximum absolute atomic E-state index is 8.77. The van der Waals surface area contributed by atoms with E-state index in [2.05, 4.69) is 44.9 Å². The molecule has 0 bridgehead atoms. The van der Waals surface area contributed by atoms with Crippen molar-refractivity contribution in [2.45, 2.75) is 19.4 Å². The van der Waals surface area contributed by atoms with Gasteiger partial charge in [0.1, 0.15) is 0 Å². The van der Waals surface area contributed by atoms with Gasteiger partial charge < -0.3 is 20.7 Å². The molecule has 1 aromatic rings. The Kier molecular flexibility index (Phi) is 4.88. The monoisotopic (exact) mass is 340 g/mol. The number of halogens is 1. The second-order valence-electron chi connectivity index (χ2n) is 5.31. The van der Waals surface area contributed by atoms with Gasteiger partial charge in [0.05, 0.1) is 0 Å². The summed E-state index contributed by atoms with van der Waals surface area (Å²) in [5, 5.41) is 11.8. The molecule has 1 fully saturated rings. The van der Waals surface area contributed by atoms with Crippen molar-refractivity contribution < 1.29 is 5.21 Å². The van der Waals surface area contributed by atoms with Crippen LogP contribution in [0.15, 0.2) is 27.8 Å². The average Bonchev–Trinajstić information content (AvgIpc) is 2.58. The van der Waals surface area contributed by atoms with Crippen LogP contribution in [-0.2, 0) is 0 Å². The van der Waals surface area contributed by atoms with E-state index in [1.807, 2.05) is 18.2 Å². The predicted octanol–water partition coefficient (Wildman–Crippen LogP) is 2.07. The summed E-state index contributed by atoms with van der Waals surface area (Å²) in [6.45, 7) is 5.47. The number of oxime groups is 1. The van der Waals surface area contributed by atoms with Crippen molar-refractivity contribution in [1.29, 1.82) is 0 Å². The summed E-state index contributed by atoms with van der Waals surface area (Å²) in [5.41, 5.74) is 7.51. The SMILES string of the molecule is CC1CN(C)CCCN1c1ccc(/C(N)=N/O)c(Br)c1. The van der Waals surface area contributed by atoms with E-state index in [9.17, 15) is 0 Å². The topological polar surface area (TPSA) is 65.1 Å². The predicted molar refractivity (Wildman–Crippen MR) is 85.6 cm³/mol. The highest BCUT2D eigenvalue weighted by Crippen LogP contribution is 2.26. The summed E-state index contributed by atoms with van der Waals surface area (Å²) in [6.07, 6.45) is 1.15. The van der Waals surface area contributed by atoms with Crippen LogP contribution in [0.25, 0.3) is 0 Å². The highest BCUT2D eigenvalue weighted by Gasteiger charge is 2.20. The molecular weight excluding hydrogens is 320 g/mol. The molecule has 1 aliphatic rings. The van der Waals surface area contributed by atoms with Gasteiger partial charge in [0.15, 0.2) is 5.84 Å². The molecule has 1 aromatic carbocycles. The van der Waals surface area contributed by atoms with Gasteiger partial charge in [0.2, 0.25) is 0 Å². The van der Waals surface area contributed by atoms with Crippen molar-refractivity contribution in [3.8, 4) is 0 Å². The zero-order chi connectivity index (χ0) is 14.7. The van der Waals surface area contributed by atoms with Crippen LogP contribution in [0.3, 0.4) is 0 Å². The fourth-order valence-corrected chi connectivity index (χ4v) is 3.27. The standard InChI is InChI=1S/C14H21BrN4O/c1-10-9-18(2)6-3-7-19(10)11-4-5-12(13(15)8-11)14(16)17-20/h4-5,8,10,20H,3,6-7,9H2,1-2H3,(H2,16,17). The van der Waals surface area contributed by atoms with E-state index in [1.54, 1.807) is 0 Å². The zero-order valence-corrected chi connectivity index (χ0v) is 13.5. The summed E-state index contributed by atoms with van der Waals surface area (Å²) >= 11 is 3.50. The van der Waals surface area contributed by atoms with E-state index < -0.39 is 0 Å². The third-order valence-corrected chi connectivity index (χ3v) is 4.37. The summed E-state index contributed by atoms with van der Waals surface area (Å²) in [6, 6.07) is 6.41. The highest BCUT2D eigenvalue weighted by atomic mass is 79.9. The van der Waals surface area contributed by atoms with Gasteiger partial charge in [-0.15, -0.1) is 0 Å². The summed E-state index contributed by atoms with van der Waals surface area (Å²) in [7, 11) is 2.16. The van der Waals surface area contributed by atoms with Crippen LogP contribution in [0.1, 0.15) is 18.9 Å². The lowest BCUT2D eigenvalue weighted by atomic mass is 10.1. The Labute approximate surface area is 128 Å². The van der Waals surface area contributed by atoms with Crippen molar-refractivity contribution in [2.24, 2.45) is 10.9 Å². The maximum Gasteiger partial charge on any atom is 0.171 e. The molecule has 6 heteroatoms. The lowest BCUT2D eigenvalue weighted by Crippen LogP contribution is -2.38. The molecule has 3 N–H and O–H groups in total. The van der Waals surface area contributed by atoms with Crippen molar-refractivity contribution in [3.63, 3.8) is 0 Å². The first-order valence-electron chi connectivity index (χ1n) is 6.75. The van der Waals surface area contributed by atoms with Gasteiger partial charge in [0.25, 0.3) is 0 Å². The minimum atomic E-state index is 0.118. The Bertz CT molecular complexity index is 506. The number of anilines is 1. The van der Waals surface area contributed by atoms with E-state index in [0.717, 1.165) is 36.2 Å². The minimum absolute atomic E-state index is 0.118. The molecule has 110 valence electrons. The molecule has 5 nitrogen and oxygen atoms in total. The number of benzene rings is 1. The van der Waals surface area contributed by atoms with E-state index in [1.165, 1.54) is 0 Å². The Hall–Kier alpha value is -1.27. The summed E-state index contributed by atoms with van der Waals surface area (Å²) in [5.74, 6) is 0.118. The van der Waals surface area contributed by atoms with Crippen molar-refractivity contribution in [2.75, 3.05) is 31.6 Å². The van der Waals surface area contributed by atoms with Gasteiger partial charge in [-0.05, 0) is 61.1 Å². The molecule has 20 heavy (non-hydrogen) atoms. The fourth-order valence-electron chi connectivity index (χ4n) is 2.70.